The molecule has 1 fully saturated rings. The van der Waals surface area contributed by atoms with Crippen LogP contribution >= 0.6 is 11.6 Å². The van der Waals surface area contributed by atoms with Crippen molar-refractivity contribution in [2.45, 2.75) is 51.1 Å². The summed E-state index contributed by atoms with van der Waals surface area (Å²) in [5.41, 5.74) is 1.18. The number of carbonyl (C=O) groups excluding carboxylic acids is 1. The van der Waals surface area contributed by atoms with Crippen LogP contribution in [0.25, 0.3) is 22.3 Å². The zero-order valence-electron chi connectivity index (χ0n) is 18.7. The number of benzene rings is 1. The number of fused-ring (bicyclic) bond motifs is 4. The lowest BCUT2D eigenvalue weighted by atomic mass is 9.98. The lowest BCUT2D eigenvalue weighted by Gasteiger charge is -2.18. The van der Waals surface area contributed by atoms with Gasteiger partial charge in [-0.1, -0.05) is 11.6 Å². The Labute approximate surface area is 203 Å². The number of nitrogens with zero attached hydrogens (tertiary/aromatic N) is 2. The van der Waals surface area contributed by atoms with Gasteiger partial charge in [0.05, 0.1) is 41.7 Å². The van der Waals surface area contributed by atoms with Crippen LogP contribution in [0.3, 0.4) is 0 Å². The van der Waals surface area contributed by atoms with E-state index in [2.05, 4.69) is 10.3 Å². The highest BCUT2D eigenvalue weighted by molar-refractivity contribution is 6.31. The van der Waals surface area contributed by atoms with E-state index in [1.807, 2.05) is 0 Å². The van der Waals surface area contributed by atoms with Crippen LogP contribution in [0.2, 0.25) is 5.02 Å². The number of aromatic nitrogens is 2. The fourth-order valence-electron chi connectivity index (χ4n) is 4.69. The number of rotatable bonds is 8. The van der Waals surface area contributed by atoms with Crippen molar-refractivity contribution in [1.82, 2.24) is 14.9 Å². The lowest BCUT2D eigenvalue weighted by molar-refractivity contribution is -0.129. The summed E-state index contributed by atoms with van der Waals surface area (Å²) >= 11 is 5.88. The van der Waals surface area contributed by atoms with Gasteiger partial charge in [-0.2, -0.15) is 0 Å². The van der Waals surface area contributed by atoms with Crippen LogP contribution < -0.4 is 10.9 Å². The fourth-order valence-corrected chi connectivity index (χ4v) is 4.84. The minimum Gasteiger partial charge on any atom is -0.463 e. The molecule has 35 heavy (non-hydrogen) atoms. The van der Waals surface area contributed by atoms with Crippen LogP contribution in [0.15, 0.2) is 16.9 Å². The molecule has 1 atom stereocenters. The minimum atomic E-state index is -1.04. The molecular weight excluding hydrogens is 484 g/mol. The van der Waals surface area contributed by atoms with Crippen molar-refractivity contribution in [3.63, 3.8) is 0 Å². The van der Waals surface area contributed by atoms with Gasteiger partial charge in [-0.05, 0) is 37.0 Å². The fraction of sp³-hybridized carbons (Fsp3) is 0.375. The predicted molar refractivity (Wildman–Crippen MR) is 123 cm³/mol. The van der Waals surface area contributed by atoms with E-state index in [1.54, 1.807) is 6.07 Å². The Bertz CT molecular complexity index is 1440. The number of nitrogens with one attached hydrogen (secondary N) is 1. The molecule has 1 aliphatic heterocycles. The molecule has 3 aromatic rings. The SMILES string of the molecule is CC(O)c1cc2n(c(=O)c1COC=O)Cc1c-2nc2cc(F)c(Cl)c(F)c2c1CNC1(CO)CC1. The average molecular weight is 506 g/mol. The number of halogens is 3. The number of pyridine rings is 2. The van der Waals surface area contributed by atoms with Crippen molar-refractivity contribution in [3.05, 3.63) is 61.4 Å². The van der Waals surface area contributed by atoms with Crippen molar-refractivity contribution < 1.29 is 28.5 Å². The van der Waals surface area contributed by atoms with E-state index in [0.29, 0.717) is 22.5 Å². The monoisotopic (exact) mass is 505 g/mol. The molecule has 0 bridgehead atoms. The first-order valence-corrected chi connectivity index (χ1v) is 11.4. The van der Waals surface area contributed by atoms with Gasteiger partial charge in [-0.3, -0.25) is 9.59 Å². The Hall–Kier alpha value is -2.92. The Balaban J connectivity index is 1.75. The van der Waals surface area contributed by atoms with E-state index < -0.39 is 33.9 Å². The van der Waals surface area contributed by atoms with Crippen LogP contribution in [-0.4, -0.2) is 38.4 Å². The van der Waals surface area contributed by atoms with Gasteiger partial charge in [0.2, 0.25) is 0 Å². The zero-order valence-corrected chi connectivity index (χ0v) is 19.5. The first-order chi connectivity index (χ1) is 16.7. The molecule has 2 aliphatic rings. The number of hydrogen-bond donors (Lipinski definition) is 3. The van der Waals surface area contributed by atoms with Crippen molar-refractivity contribution in [1.29, 1.82) is 0 Å². The van der Waals surface area contributed by atoms with E-state index >= 15 is 4.39 Å². The second-order valence-corrected chi connectivity index (χ2v) is 9.41. The molecule has 2 aromatic heterocycles. The van der Waals surface area contributed by atoms with Gasteiger partial charge in [0, 0.05) is 29.1 Å². The summed E-state index contributed by atoms with van der Waals surface area (Å²) in [4.78, 5) is 28.6. The van der Waals surface area contributed by atoms with Crippen molar-refractivity contribution in [2.24, 2.45) is 0 Å². The van der Waals surface area contributed by atoms with E-state index in [0.717, 1.165) is 18.9 Å². The molecule has 8 nitrogen and oxygen atoms in total. The third-order valence-corrected chi connectivity index (χ3v) is 7.21. The maximum atomic E-state index is 15.2. The van der Waals surface area contributed by atoms with Gasteiger partial charge in [-0.25, -0.2) is 13.8 Å². The molecule has 0 saturated heterocycles. The highest BCUT2D eigenvalue weighted by Crippen LogP contribution is 2.41. The highest BCUT2D eigenvalue weighted by atomic mass is 35.5. The zero-order chi connectivity index (χ0) is 25.1. The Kier molecular flexibility index (Phi) is 5.87. The average Bonchev–Trinajstić information content (AvgIpc) is 3.53. The van der Waals surface area contributed by atoms with Gasteiger partial charge in [0.25, 0.3) is 12.0 Å². The van der Waals surface area contributed by atoms with Gasteiger partial charge in [-0.15, -0.1) is 0 Å². The maximum absolute atomic E-state index is 15.2. The molecule has 1 unspecified atom stereocenters. The van der Waals surface area contributed by atoms with Crippen LogP contribution in [-0.2, 0) is 29.2 Å². The summed E-state index contributed by atoms with van der Waals surface area (Å²) in [6.45, 7) is 1.45. The van der Waals surface area contributed by atoms with E-state index in [-0.39, 0.29) is 54.8 Å². The molecule has 0 radical (unpaired) electrons. The van der Waals surface area contributed by atoms with Gasteiger partial charge in [0.1, 0.15) is 17.4 Å². The molecular formula is C24H22ClF2N3O5. The van der Waals surface area contributed by atoms with Gasteiger partial charge < -0.3 is 24.8 Å². The minimum absolute atomic E-state index is 0.0293. The summed E-state index contributed by atoms with van der Waals surface area (Å²) in [5, 5.41) is 22.6. The maximum Gasteiger partial charge on any atom is 0.293 e. The summed E-state index contributed by atoms with van der Waals surface area (Å²) < 4.78 is 35.8. The Morgan fingerprint density at radius 1 is 1.34 bits per heavy atom. The summed E-state index contributed by atoms with van der Waals surface area (Å²) in [6.07, 6.45) is 0.464. The molecule has 1 saturated carbocycles. The van der Waals surface area contributed by atoms with Gasteiger partial charge in [0.15, 0.2) is 5.82 Å². The lowest BCUT2D eigenvalue weighted by Crippen LogP contribution is -2.34. The topological polar surface area (TPSA) is 114 Å². The standard InChI is InChI=1S/C24H22ClF2N3O5/c1-11(33)12-4-18-22-14(7-30(18)23(34)15(12)8-35-10-32)13(6-28-24(9-31)2-3-24)19-17(29-22)5-16(26)20(25)21(19)27/h4-5,10-11,28,31,33H,2-3,6-9H2,1H3. The van der Waals surface area contributed by atoms with E-state index in [4.69, 9.17) is 16.3 Å². The molecule has 1 aliphatic carbocycles. The third kappa shape index (κ3) is 3.81. The Morgan fingerprint density at radius 2 is 2.09 bits per heavy atom. The number of carbonyl (C=O) groups is 1. The predicted octanol–water partition coefficient (Wildman–Crippen LogP) is 2.70. The van der Waals surface area contributed by atoms with Crippen LogP contribution in [0.4, 0.5) is 8.78 Å². The smallest absolute Gasteiger partial charge is 0.293 e. The van der Waals surface area contributed by atoms with E-state index in [9.17, 15) is 24.2 Å². The van der Waals surface area contributed by atoms with E-state index in [1.165, 1.54) is 11.5 Å². The van der Waals surface area contributed by atoms with Crippen molar-refractivity contribution in [2.75, 3.05) is 6.61 Å². The third-order valence-electron chi connectivity index (χ3n) is 6.86. The highest BCUT2D eigenvalue weighted by Gasteiger charge is 2.42. The Morgan fingerprint density at radius 3 is 2.71 bits per heavy atom. The first kappa shape index (κ1) is 23.8. The number of aliphatic hydroxyl groups excluding tert-OH is 2. The van der Waals surface area contributed by atoms with Crippen LogP contribution in [0, 0.1) is 11.6 Å². The van der Waals surface area contributed by atoms with Crippen molar-refractivity contribution >= 4 is 29.0 Å². The number of aliphatic hydroxyl groups is 2. The molecule has 5 rings (SSSR count). The molecule has 0 spiro atoms. The molecule has 184 valence electrons. The molecule has 1 aromatic carbocycles. The number of ether oxygens (including phenoxy) is 1. The molecule has 0 amide bonds. The van der Waals surface area contributed by atoms with Crippen LogP contribution in [0.5, 0.6) is 0 Å². The quantitative estimate of drug-likeness (QED) is 0.249. The second kappa shape index (κ2) is 8.63. The van der Waals surface area contributed by atoms with Gasteiger partial charge >= 0.3 is 0 Å². The normalized spacial score (nSPS) is 16.2. The van der Waals surface area contributed by atoms with Crippen molar-refractivity contribution in [3.8, 4) is 11.4 Å². The molecule has 3 N–H and O–H groups in total. The summed E-state index contributed by atoms with van der Waals surface area (Å²) in [6, 6.07) is 2.63. The first-order valence-electron chi connectivity index (χ1n) is 11.1. The largest absolute Gasteiger partial charge is 0.463 e. The summed E-state index contributed by atoms with van der Waals surface area (Å²) in [5.74, 6) is -1.91. The molecule has 3 heterocycles. The summed E-state index contributed by atoms with van der Waals surface area (Å²) in [7, 11) is 0. The second-order valence-electron chi connectivity index (χ2n) is 9.03. The number of hydrogen-bond acceptors (Lipinski definition) is 7. The van der Waals surface area contributed by atoms with Crippen LogP contribution in [0.1, 0.15) is 48.1 Å². The molecule has 11 heteroatoms.